The van der Waals surface area contributed by atoms with E-state index in [4.69, 9.17) is 5.73 Å². The number of nitrogens with two attached hydrogens (primary N) is 1. The lowest BCUT2D eigenvalue weighted by Gasteiger charge is -2.29. The number of benzene rings is 1. The van der Waals surface area contributed by atoms with Gasteiger partial charge >= 0.3 is 0 Å². The van der Waals surface area contributed by atoms with Crippen LogP contribution in [0.25, 0.3) is 0 Å². The summed E-state index contributed by atoms with van der Waals surface area (Å²) in [5, 5.41) is 0. The number of fused-ring (bicyclic) bond motifs is 1. The van der Waals surface area contributed by atoms with Crippen LogP contribution in [0.1, 0.15) is 36.9 Å². The van der Waals surface area contributed by atoms with Gasteiger partial charge in [-0.1, -0.05) is 24.3 Å². The Morgan fingerprint density at radius 2 is 2.11 bits per heavy atom. The van der Waals surface area contributed by atoms with Gasteiger partial charge in [-0.2, -0.15) is 0 Å². The maximum absolute atomic E-state index is 5.98. The number of likely N-dealkylation sites (tertiary alicyclic amines) is 1. The molecule has 0 aromatic heterocycles. The first-order chi connectivity index (χ1) is 8.12. The van der Waals surface area contributed by atoms with Gasteiger partial charge in [0.25, 0.3) is 0 Å². The van der Waals surface area contributed by atoms with Crippen LogP contribution in [0.3, 0.4) is 0 Å². The second-order valence-electron chi connectivity index (χ2n) is 5.98. The standard InChI is InChI=1S/C15H22N2.2ClH/c1-11(16)12-4-3-5-13(8-12)15-6-7-17(2)10-14(15)9-15;;/h3-5,8,11,14H,6-7,9-10,16H2,1-2H3;2*1H. The molecule has 1 heterocycles. The highest BCUT2D eigenvalue weighted by atomic mass is 35.5. The zero-order chi connectivity index (χ0) is 12.0. The van der Waals surface area contributed by atoms with Gasteiger partial charge in [0.1, 0.15) is 0 Å². The lowest BCUT2D eigenvalue weighted by atomic mass is 9.86. The summed E-state index contributed by atoms with van der Waals surface area (Å²) in [5.74, 6) is 0.879. The van der Waals surface area contributed by atoms with Gasteiger partial charge in [-0.15, -0.1) is 24.8 Å². The van der Waals surface area contributed by atoms with E-state index in [1.54, 1.807) is 0 Å². The van der Waals surface area contributed by atoms with E-state index in [0.717, 1.165) is 5.92 Å². The van der Waals surface area contributed by atoms with Gasteiger partial charge < -0.3 is 10.6 Å². The quantitative estimate of drug-likeness (QED) is 0.909. The van der Waals surface area contributed by atoms with Gasteiger partial charge in [-0.3, -0.25) is 0 Å². The van der Waals surface area contributed by atoms with Gasteiger partial charge in [0.15, 0.2) is 0 Å². The molecule has 0 radical (unpaired) electrons. The maximum Gasteiger partial charge on any atom is 0.0266 e. The van der Waals surface area contributed by atoms with Crippen molar-refractivity contribution in [1.29, 1.82) is 0 Å². The number of hydrogen-bond acceptors (Lipinski definition) is 2. The summed E-state index contributed by atoms with van der Waals surface area (Å²) in [6.07, 6.45) is 2.69. The third kappa shape index (κ3) is 2.92. The third-order valence-corrected chi connectivity index (χ3v) is 4.69. The second kappa shape index (κ2) is 6.01. The van der Waals surface area contributed by atoms with E-state index >= 15 is 0 Å². The molecule has 1 aromatic carbocycles. The predicted octanol–water partition coefficient (Wildman–Crippen LogP) is 3.14. The summed E-state index contributed by atoms with van der Waals surface area (Å²) in [7, 11) is 2.24. The highest BCUT2D eigenvalue weighted by Crippen LogP contribution is 2.59. The first-order valence-corrected chi connectivity index (χ1v) is 6.66. The molecule has 0 amide bonds. The van der Waals surface area contributed by atoms with Crippen molar-refractivity contribution < 1.29 is 0 Å². The van der Waals surface area contributed by atoms with E-state index in [1.165, 1.54) is 37.1 Å². The number of nitrogens with zero attached hydrogens (tertiary/aromatic N) is 1. The highest BCUT2D eigenvalue weighted by Gasteiger charge is 2.56. The molecular weight excluding hydrogens is 279 g/mol. The van der Waals surface area contributed by atoms with Gasteiger partial charge in [-0.05, 0) is 50.4 Å². The number of halogens is 2. The summed E-state index contributed by atoms with van der Waals surface area (Å²) < 4.78 is 0. The maximum atomic E-state index is 5.98. The van der Waals surface area contributed by atoms with Crippen LogP contribution in [0.4, 0.5) is 0 Å². The van der Waals surface area contributed by atoms with Crippen LogP contribution < -0.4 is 5.73 Å². The van der Waals surface area contributed by atoms with Crippen LogP contribution in [0.2, 0.25) is 0 Å². The second-order valence-corrected chi connectivity index (χ2v) is 5.98. The molecule has 1 aliphatic heterocycles. The molecule has 2 fully saturated rings. The molecule has 2 aliphatic rings. The fourth-order valence-corrected chi connectivity index (χ4v) is 3.41. The molecule has 0 bridgehead atoms. The molecule has 1 aromatic rings. The minimum atomic E-state index is 0. The normalized spacial score (nSPS) is 30.6. The molecule has 1 saturated heterocycles. The van der Waals surface area contributed by atoms with Crippen LogP contribution in [-0.4, -0.2) is 25.0 Å². The van der Waals surface area contributed by atoms with Crippen molar-refractivity contribution in [2.45, 2.75) is 31.2 Å². The lowest BCUT2D eigenvalue weighted by Crippen LogP contribution is -2.33. The van der Waals surface area contributed by atoms with E-state index < -0.39 is 0 Å². The minimum absolute atomic E-state index is 0. The summed E-state index contributed by atoms with van der Waals surface area (Å²) in [6, 6.07) is 9.12. The van der Waals surface area contributed by atoms with Gasteiger partial charge in [-0.25, -0.2) is 0 Å². The molecule has 3 unspecified atom stereocenters. The Labute approximate surface area is 128 Å². The SMILES string of the molecule is CC(N)c1cccc(C23CCN(C)CC2C3)c1.Cl.Cl. The van der Waals surface area contributed by atoms with Crippen LogP contribution in [0, 0.1) is 5.92 Å². The topological polar surface area (TPSA) is 29.3 Å². The molecule has 1 saturated carbocycles. The molecule has 108 valence electrons. The van der Waals surface area contributed by atoms with Crippen molar-refractivity contribution in [2.75, 3.05) is 20.1 Å². The summed E-state index contributed by atoms with van der Waals surface area (Å²) in [5.41, 5.74) is 9.29. The van der Waals surface area contributed by atoms with Gasteiger partial charge in [0.05, 0.1) is 0 Å². The Kier molecular flexibility index (Phi) is 5.30. The van der Waals surface area contributed by atoms with Crippen molar-refractivity contribution in [3.8, 4) is 0 Å². The third-order valence-electron chi connectivity index (χ3n) is 4.69. The largest absolute Gasteiger partial charge is 0.324 e. The van der Waals surface area contributed by atoms with Crippen molar-refractivity contribution in [2.24, 2.45) is 11.7 Å². The van der Waals surface area contributed by atoms with E-state index in [2.05, 4.69) is 43.1 Å². The zero-order valence-electron chi connectivity index (χ0n) is 11.6. The van der Waals surface area contributed by atoms with E-state index in [-0.39, 0.29) is 30.9 Å². The molecule has 0 spiro atoms. The van der Waals surface area contributed by atoms with Crippen LogP contribution in [0.15, 0.2) is 24.3 Å². The van der Waals surface area contributed by atoms with E-state index in [1.807, 2.05) is 0 Å². The first-order valence-electron chi connectivity index (χ1n) is 6.66. The average molecular weight is 303 g/mol. The molecule has 2 N–H and O–H groups in total. The molecular formula is C15H24Cl2N2. The average Bonchev–Trinajstić information content (AvgIpc) is 3.04. The Morgan fingerprint density at radius 1 is 1.37 bits per heavy atom. The van der Waals surface area contributed by atoms with Crippen molar-refractivity contribution in [3.63, 3.8) is 0 Å². The predicted molar refractivity (Wildman–Crippen MR) is 85.4 cm³/mol. The number of hydrogen-bond donors (Lipinski definition) is 1. The Balaban J connectivity index is 0.000000902. The smallest absolute Gasteiger partial charge is 0.0266 e. The lowest BCUT2D eigenvalue weighted by molar-refractivity contribution is 0.248. The molecule has 3 atom stereocenters. The molecule has 19 heavy (non-hydrogen) atoms. The van der Waals surface area contributed by atoms with E-state index in [0.29, 0.717) is 5.41 Å². The molecule has 2 nitrogen and oxygen atoms in total. The van der Waals surface area contributed by atoms with Gasteiger partial charge in [0, 0.05) is 18.0 Å². The Hall–Kier alpha value is -0.280. The summed E-state index contributed by atoms with van der Waals surface area (Å²) in [6.45, 7) is 4.57. The van der Waals surface area contributed by atoms with Crippen molar-refractivity contribution in [3.05, 3.63) is 35.4 Å². The summed E-state index contributed by atoms with van der Waals surface area (Å²) >= 11 is 0. The van der Waals surface area contributed by atoms with Gasteiger partial charge in [0.2, 0.25) is 0 Å². The fourth-order valence-electron chi connectivity index (χ4n) is 3.41. The Bertz CT molecular complexity index is 436. The monoisotopic (exact) mass is 302 g/mol. The minimum Gasteiger partial charge on any atom is -0.324 e. The number of rotatable bonds is 2. The van der Waals surface area contributed by atoms with E-state index in [9.17, 15) is 0 Å². The van der Waals surface area contributed by atoms with Crippen LogP contribution in [0.5, 0.6) is 0 Å². The van der Waals surface area contributed by atoms with Crippen molar-refractivity contribution in [1.82, 2.24) is 4.90 Å². The van der Waals surface area contributed by atoms with Crippen molar-refractivity contribution >= 4 is 24.8 Å². The first kappa shape index (κ1) is 16.8. The number of piperidine rings is 1. The van der Waals surface area contributed by atoms with Crippen LogP contribution >= 0.6 is 24.8 Å². The zero-order valence-corrected chi connectivity index (χ0v) is 13.3. The highest BCUT2D eigenvalue weighted by molar-refractivity contribution is 5.85. The molecule has 3 rings (SSSR count). The fraction of sp³-hybridized carbons (Fsp3) is 0.600. The van der Waals surface area contributed by atoms with Crippen LogP contribution in [-0.2, 0) is 5.41 Å². The molecule has 4 heteroatoms. The summed E-state index contributed by atoms with van der Waals surface area (Å²) in [4.78, 5) is 2.46. The Morgan fingerprint density at radius 3 is 2.74 bits per heavy atom. The molecule has 1 aliphatic carbocycles.